The first-order chi connectivity index (χ1) is 9.06. The number of amides is 1. The SMILES string of the molecule is CC(N)C1CCCN(C(=O)/C=C/c2csc(Br)c2)C1. The summed E-state index contributed by atoms with van der Waals surface area (Å²) in [6, 6.07) is 2.17. The maximum absolute atomic E-state index is 12.1. The van der Waals surface area contributed by atoms with E-state index in [0.29, 0.717) is 5.92 Å². The van der Waals surface area contributed by atoms with Gasteiger partial charge in [-0.3, -0.25) is 4.79 Å². The molecule has 1 saturated heterocycles. The van der Waals surface area contributed by atoms with Gasteiger partial charge in [0.2, 0.25) is 5.91 Å². The van der Waals surface area contributed by atoms with Crippen LogP contribution >= 0.6 is 27.3 Å². The Hall–Kier alpha value is -0.650. The van der Waals surface area contributed by atoms with Crippen molar-refractivity contribution >= 4 is 39.2 Å². The van der Waals surface area contributed by atoms with Gasteiger partial charge < -0.3 is 10.6 Å². The molecule has 1 aromatic heterocycles. The molecule has 0 aliphatic carbocycles. The highest BCUT2D eigenvalue weighted by molar-refractivity contribution is 9.11. The van der Waals surface area contributed by atoms with Gasteiger partial charge in [0.15, 0.2) is 0 Å². The molecular weight excluding hydrogens is 324 g/mol. The summed E-state index contributed by atoms with van der Waals surface area (Å²) in [6.07, 6.45) is 5.72. The lowest BCUT2D eigenvalue weighted by Gasteiger charge is -2.34. The summed E-state index contributed by atoms with van der Waals surface area (Å²) in [6.45, 7) is 3.66. The van der Waals surface area contributed by atoms with Gasteiger partial charge in [0.05, 0.1) is 3.79 Å². The van der Waals surface area contributed by atoms with Gasteiger partial charge in [-0.15, -0.1) is 11.3 Å². The van der Waals surface area contributed by atoms with Gasteiger partial charge >= 0.3 is 0 Å². The van der Waals surface area contributed by atoms with E-state index in [9.17, 15) is 4.79 Å². The Kier molecular flexibility index (Phi) is 5.19. The molecule has 0 radical (unpaired) electrons. The highest BCUT2D eigenvalue weighted by Gasteiger charge is 2.24. The monoisotopic (exact) mass is 342 g/mol. The van der Waals surface area contributed by atoms with Gasteiger partial charge in [0.1, 0.15) is 0 Å². The van der Waals surface area contributed by atoms with Crippen molar-refractivity contribution in [2.45, 2.75) is 25.8 Å². The zero-order chi connectivity index (χ0) is 13.8. The van der Waals surface area contributed by atoms with Gasteiger partial charge in [-0.05, 0) is 64.7 Å². The van der Waals surface area contributed by atoms with Crippen molar-refractivity contribution < 1.29 is 4.79 Å². The number of nitrogens with zero attached hydrogens (tertiary/aromatic N) is 1. The molecule has 0 bridgehead atoms. The van der Waals surface area contributed by atoms with Crippen LogP contribution in [0.5, 0.6) is 0 Å². The van der Waals surface area contributed by atoms with E-state index >= 15 is 0 Å². The van der Waals surface area contributed by atoms with E-state index in [1.54, 1.807) is 17.4 Å². The van der Waals surface area contributed by atoms with E-state index in [0.717, 1.165) is 35.3 Å². The fraction of sp³-hybridized carbons (Fsp3) is 0.500. The molecule has 104 valence electrons. The third-order valence-electron chi connectivity index (χ3n) is 3.52. The molecule has 2 heterocycles. The molecule has 1 aliphatic rings. The number of carbonyl (C=O) groups is 1. The van der Waals surface area contributed by atoms with Gasteiger partial charge in [-0.1, -0.05) is 0 Å². The van der Waals surface area contributed by atoms with Crippen LogP contribution in [0, 0.1) is 5.92 Å². The van der Waals surface area contributed by atoms with Crippen molar-refractivity contribution in [2.24, 2.45) is 11.7 Å². The highest BCUT2D eigenvalue weighted by Crippen LogP contribution is 2.22. The second-order valence-corrected chi connectivity index (χ2v) is 7.35. The summed E-state index contributed by atoms with van der Waals surface area (Å²) < 4.78 is 1.08. The van der Waals surface area contributed by atoms with Crippen molar-refractivity contribution in [3.8, 4) is 0 Å². The Labute approximate surface area is 126 Å². The number of nitrogens with two attached hydrogens (primary N) is 1. The van der Waals surface area contributed by atoms with E-state index in [1.165, 1.54) is 0 Å². The van der Waals surface area contributed by atoms with Crippen molar-refractivity contribution in [2.75, 3.05) is 13.1 Å². The number of halogens is 1. The lowest BCUT2D eigenvalue weighted by Crippen LogP contribution is -2.44. The molecule has 5 heteroatoms. The van der Waals surface area contributed by atoms with Crippen molar-refractivity contribution in [1.82, 2.24) is 4.90 Å². The van der Waals surface area contributed by atoms with Crippen LogP contribution in [0.3, 0.4) is 0 Å². The Morgan fingerprint density at radius 1 is 1.68 bits per heavy atom. The average Bonchev–Trinajstić information content (AvgIpc) is 2.82. The van der Waals surface area contributed by atoms with Crippen molar-refractivity contribution in [1.29, 1.82) is 0 Å². The number of carbonyl (C=O) groups excluding carboxylic acids is 1. The molecule has 1 fully saturated rings. The molecule has 1 aromatic rings. The molecule has 0 spiro atoms. The van der Waals surface area contributed by atoms with E-state index < -0.39 is 0 Å². The molecular formula is C14H19BrN2OS. The molecule has 2 atom stereocenters. The zero-order valence-corrected chi connectivity index (χ0v) is 13.4. The van der Waals surface area contributed by atoms with Crippen LogP contribution in [-0.2, 0) is 4.79 Å². The quantitative estimate of drug-likeness (QED) is 0.858. The minimum absolute atomic E-state index is 0.0904. The Bertz CT molecular complexity index is 470. The van der Waals surface area contributed by atoms with Crippen LogP contribution in [0.25, 0.3) is 6.08 Å². The van der Waals surface area contributed by atoms with Crippen LogP contribution in [0.2, 0.25) is 0 Å². The van der Waals surface area contributed by atoms with Gasteiger partial charge in [0, 0.05) is 25.2 Å². The molecule has 3 nitrogen and oxygen atoms in total. The molecule has 1 aliphatic heterocycles. The number of piperidine rings is 1. The second-order valence-electron chi connectivity index (χ2n) is 5.06. The Balaban J connectivity index is 1.94. The predicted molar refractivity (Wildman–Crippen MR) is 84.0 cm³/mol. The smallest absolute Gasteiger partial charge is 0.246 e. The van der Waals surface area contributed by atoms with Crippen LogP contribution < -0.4 is 5.73 Å². The van der Waals surface area contributed by atoms with Gasteiger partial charge in [-0.2, -0.15) is 0 Å². The van der Waals surface area contributed by atoms with Crippen LogP contribution in [-0.4, -0.2) is 29.9 Å². The van der Waals surface area contributed by atoms with E-state index in [2.05, 4.69) is 15.9 Å². The topological polar surface area (TPSA) is 46.3 Å². The first-order valence-electron chi connectivity index (χ1n) is 6.53. The summed E-state index contributed by atoms with van der Waals surface area (Å²) in [5.74, 6) is 0.522. The highest BCUT2D eigenvalue weighted by atomic mass is 79.9. The summed E-state index contributed by atoms with van der Waals surface area (Å²) in [4.78, 5) is 14.0. The summed E-state index contributed by atoms with van der Waals surface area (Å²) >= 11 is 5.03. The summed E-state index contributed by atoms with van der Waals surface area (Å²) in [7, 11) is 0. The lowest BCUT2D eigenvalue weighted by atomic mass is 9.92. The van der Waals surface area contributed by atoms with Crippen LogP contribution in [0.1, 0.15) is 25.3 Å². The number of hydrogen-bond acceptors (Lipinski definition) is 3. The maximum Gasteiger partial charge on any atom is 0.246 e. The summed E-state index contributed by atoms with van der Waals surface area (Å²) in [5.41, 5.74) is 7.00. The van der Waals surface area contributed by atoms with Gasteiger partial charge in [-0.25, -0.2) is 0 Å². The average molecular weight is 343 g/mol. The molecule has 0 aromatic carbocycles. The Morgan fingerprint density at radius 3 is 3.11 bits per heavy atom. The normalized spacial score (nSPS) is 21.8. The van der Waals surface area contributed by atoms with E-state index in [4.69, 9.17) is 5.73 Å². The van der Waals surface area contributed by atoms with E-state index in [-0.39, 0.29) is 11.9 Å². The second kappa shape index (κ2) is 6.68. The third kappa shape index (κ3) is 4.16. The first-order valence-corrected chi connectivity index (χ1v) is 8.20. The first kappa shape index (κ1) is 14.8. The third-order valence-corrected chi connectivity index (χ3v) is 5.04. The number of hydrogen-bond donors (Lipinski definition) is 1. The molecule has 1 amide bonds. The fourth-order valence-corrected chi connectivity index (χ4v) is 3.47. The zero-order valence-electron chi connectivity index (χ0n) is 11.0. The number of likely N-dealkylation sites (tertiary alicyclic amines) is 1. The standard InChI is InChI=1S/C14H19BrN2OS/c1-10(16)12-3-2-6-17(8-12)14(18)5-4-11-7-13(15)19-9-11/h4-5,7,9-10,12H,2-3,6,8,16H2,1H3/b5-4+. The fourth-order valence-electron chi connectivity index (χ4n) is 2.32. The van der Waals surface area contributed by atoms with Crippen molar-refractivity contribution in [3.63, 3.8) is 0 Å². The number of rotatable bonds is 3. The predicted octanol–water partition coefficient (Wildman–Crippen LogP) is 3.11. The van der Waals surface area contributed by atoms with Crippen LogP contribution in [0.4, 0.5) is 0 Å². The molecule has 2 unspecified atom stereocenters. The minimum Gasteiger partial charge on any atom is -0.339 e. The Morgan fingerprint density at radius 2 is 2.47 bits per heavy atom. The summed E-state index contributed by atoms with van der Waals surface area (Å²) in [5, 5.41) is 2.02. The maximum atomic E-state index is 12.1. The molecule has 0 saturated carbocycles. The molecule has 2 rings (SSSR count). The van der Waals surface area contributed by atoms with Crippen LogP contribution in [0.15, 0.2) is 21.3 Å². The minimum atomic E-state index is 0.0904. The van der Waals surface area contributed by atoms with Crippen molar-refractivity contribution in [3.05, 3.63) is 26.9 Å². The van der Waals surface area contributed by atoms with E-state index in [1.807, 2.05) is 29.3 Å². The number of thiophene rings is 1. The molecule has 19 heavy (non-hydrogen) atoms. The largest absolute Gasteiger partial charge is 0.339 e. The van der Waals surface area contributed by atoms with Gasteiger partial charge in [0.25, 0.3) is 0 Å². The molecule has 2 N–H and O–H groups in total. The lowest BCUT2D eigenvalue weighted by molar-refractivity contribution is -0.127.